The fraction of sp³-hybridized carbons (Fsp3) is 0.889. The van der Waals surface area contributed by atoms with Crippen molar-refractivity contribution in [2.24, 2.45) is 0 Å². The first kappa shape index (κ1) is 11.9. The largest absolute Gasteiger partial charge is 0.465 e. The molecule has 0 aliphatic rings. The van der Waals surface area contributed by atoms with Crippen molar-refractivity contribution < 1.29 is 9.53 Å². The Morgan fingerprint density at radius 1 is 1.42 bits per heavy atom. The number of alkyl halides is 1. The molecule has 0 radical (unpaired) electrons. The summed E-state index contributed by atoms with van der Waals surface area (Å²) >= 11 is 3.30. The van der Waals surface area contributed by atoms with E-state index < -0.39 is 0 Å². The smallest absolute Gasteiger partial charge is 0.319 e. The molecule has 0 bridgehead atoms. The van der Waals surface area contributed by atoms with E-state index in [1.54, 1.807) is 0 Å². The second kappa shape index (κ2) is 7.59. The van der Waals surface area contributed by atoms with Crippen molar-refractivity contribution in [2.45, 2.75) is 44.4 Å². The molecule has 0 saturated carbocycles. The van der Waals surface area contributed by atoms with Crippen LogP contribution in [-0.4, -0.2) is 17.4 Å². The number of carbonyl (C=O) groups excluding carboxylic acids is 1. The van der Waals surface area contributed by atoms with Crippen molar-refractivity contribution in [3.8, 4) is 0 Å². The molecule has 0 aromatic heterocycles. The van der Waals surface area contributed by atoms with Gasteiger partial charge in [0.2, 0.25) is 0 Å². The molecule has 0 amide bonds. The molecule has 0 aliphatic heterocycles. The molecular weight excluding hydrogens is 220 g/mol. The number of hydrogen-bond acceptors (Lipinski definition) is 2. The van der Waals surface area contributed by atoms with Crippen LogP contribution in [0.25, 0.3) is 0 Å². The van der Waals surface area contributed by atoms with Crippen LogP contribution < -0.4 is 0 Å². The van der Waals surface area contributed by atoms with Crippen LogP contribution in [0, 0.1) is 0 Å². The van der Waals surface area contributed by atoms with Gasteiger partial charge in [0.25, 0.3) is 0 Å². The standard InChI is InChI=1S/C9H17BrO2/c1-3-5-6-7-8(10)9(11)12-4-2/h8H,3-7H2,1-2H3/t8-/m1/s1. The quantitative estimate of drug-likeness (QED) is 0.403. The van der Waals surface area contributed by atoms with Gasteiger partial charge in [-0.25, -0.2) is 0 Å². The SMILES string of the molecule is CCCCC[C@@H](Br)C(=O)OCC. The van der Waals surface area contributed by atoms with E-state index in [4.69, 9.17) is 4.74 Å². The lowest BCUT2D eigenvalue weighted by atomic mass is 10.1. The van der Waals surface area contributed by atoms with E-state index in [-0.39, 0.29) is 10.8 Å². The van der Waals surface area contributed by atoms with Gasteiger partial charge in [-0.2, -0.15) is 0 Å². The summed E-state index contributed by atoms with van der Waals surface area (Å²) in [5, 5.41) is 0. The molecule has 0 heterocycles. The van der Waals surface area contributed by atoms with E-state index in [1.807, 2.05) is 6.92 Å². The summed E-state index contributed by atoms with van der Waals surface area (Å²) < 4.78 is 4.85. The van der Waals surface area contributed by atoms with Crippen molar-refractivity contribution >= 4 is 21.9 Å². The lowest BCUT2D eigenvalue weighted by molar-refractivity contribution is -0.142. The summed E-state index contributed by atoms with van der Waals surface area (Å²) in [5.41, 5.74) is 0. The predicted molar refractivity (Wildman–Crippen MR) is 53.5 cm³/mol. The van der Waals surface area contributed by atoms with E-state index in [9.17, 15) is 4.79 Å². The van der Waals surface area contributed by atoms with E-state index in [0.717, 1.165) is 12.8 Å². The van der Waals surface area contributed by atoms with Gasteiger partial charge in [-0.05, 0) is 13.3 Å². The Bertz CT molecular complexity index is 126. The molecule has 12 heavy (non-hydrogen) atoms. The molecule has 0 N–H and O–H groups in total. The molecule has 0 spiro atoms. The third kappa shape index (κ3) is 5.58. The van der Waals surface area contributed by atoms with E-state index >= 15 is 0 Å². The number of carbonyl (C=O) groups is 1. The molecular formula is C9H17BrO2. The van der Waals surface area contributed by atoms with Crippen LogP contribution in [0.1, 0.15) is 39.5 Å². The van der Waals surface area contributed by atoms with Crippen LogP contribution in [0.3, 0.4) is 0 Å². The Labute approximate surface area is 82.8 Å². The van der Waals surface area contributed by atoms with Gasteiger partial charge < -0.3 is 4.74 Å². The molecule has 0 aliphatic carbocycles. The number of hydrogen-bond donors (Lipinski definition) is 0. The summed E-state index contributed by atoms with van der Waals surface area (Å²) in [6.07, 6.45) is 4.34. The minimum Gasteiger partial charge on any atom is -0.465 e. The molecule has 0 fully saturated rings. The van der Waals surface area contributed by atoms with Crippen LogP contribution in [0.2, 0.25) is 0 Å². The summed E-state index contributed by atoms with van der Waals surface area (Å²) in [7, 11) is 0. The maximum absolute atomic E-state index is 11.1. The van der Waals surface area contributed by atoms with Gasteiger partial charge in [-0.3, -0.25) is 4.79 Å². The normalized spacial score (nSPS) is 12.6. The summed E-state index contributed by atoms with van der Waals surface area (Å²) in [4.78, 5) is 11.0. The second-order valence-corrected chi connectivity index (χ2v) is 3.82. The number of esters is 1. The first-order valence-corrected chi connectivity index (χ1v) is 5.44. The highest BCUT2D eigenvalue weighted by Gasteiger charge is 2.14. The number of halogens is 1. The van der Waals surface area contributed by atoms with Crippen molar-refractivity contribution in [2.75, 3.05) is 6.61 Å². The van der Waals surface area contributed by atoms with Crippen LogP contribution in [0.15, 0.2) is 0 Å². The lowest BCUT2D eigenvalue weighted by Gasteiger charge is -2.07. The average molecular weight is 237 g/mol. The molecule has 72 valence electrons. The molecule has 0 unspecified atom stereocenters. The zero-order chi connectivity index (χ0) is 9.40. The van der Waals surface area contributed by atoms with E-state index in [2.05, 4.69) is 22.9 Å². The molecule has 0 saturated heterocycles. The van der Waals surface area contributed by atoms with Crippen LogP contribution >= 0.6 is 15.9 Å². The molecule has 3 heteroatoms. The van der Waals surface area contributed by atoms with Crippen LogP contribution in [-0.2, 0) is 9.53 Å². The molecule has 2 nitrogen and oxygen atoms in total. The Morgan fingerprint density at radius 2 is 2.08 bits per heavy atom. The second-order valence-electron chi connectivity index (χ2n) is 2.72. The number of unbranched alkanes of at least 4 members (excludes halogenated alkanes) is 2. The van der Waals surface area contributed by atoms with Crippen molar-refractivity contribution in [3.63, 3.8) is 0 Å². The maximum Gasteiger partial charge on any atom is 0.319 e. The van der Waals surface area contributed by atoms with Crippen molar-refractivity contribution in [1.82, 2.24) is 0 Å². The van der Waals surface area contributed by atoms with E-state index in [0.29, 0.717) is 6.61 Å². The van der Waals surface area contributed by atoms with Gasteiger partial charge in [0, 0.05) is 0 Å². The maximum atomic E-state index is 11.1. The average Bonchev–Trinajstić information content (AvgIpc) is 2.05. The zero-order valence-corrected chi connectivity index (χ0v) is 9.39. The van der Waals surface area contributed by atoms with Gasteiger partial charge >= 0.3 is 5.97 Å². The van der Waals surface area contributed by atoms with Crippen molar-refractivity contribution in [3.05, 3.63) is 0 Å². The summed E-state index contributed by atoms with van der Waals surface area (Å²) in [6.45, 7) is 4.44. The third-order valence-electron chi connectivity index (χ3n) is 1.60. The lowest BCUT2D eigenvalue weighted by Crippen LogP contribution is -2.17. The third-order valence-corrected chi connectivity index (χ3v) is 2.44. The number of rotatable bonds is 6. The zero-order valence-electron chi connectivity index (χ0n) is 7.81. The summed E-state index contributed by atoms with van der Waals surface area (Å²) in [6, 6.07) is 0. The molecule has 0 rings (SSSR count). The molecule has 1 atom stereocenters. The monoisotopic (exact) mass is 236 g/mol. The van der Waals surface area contributed by atoms with Crippen molar-refractivity contribution in [1.29, 1.82) is 0 Å². The highest BCUT2D eigenvalue weighted by Crippen LogP contribution is 2.12. The first-order chi connectivity index (χ1) is 5.72. The van der Waals surface area contributed by atoms with Crippen LogP contribution in [0.4, 0.5) is 0 Å². The van der Waals surface area contributed by atoms with Gasteiger partial charge in [-0.15, -0.1) is 0 Å². The Kier molecular flexibility index (Phi) is 7.56. The van der Waals surface area contributed by atoms with E-state index in [1.165, 1.54) is 12.8 Å². The van der Waals surface area contributed by atoms with Gasteiger partial charge in [-0.1, -0.05) is 42.1 Å². The summed E-state index contributed by atoms with van der Waals surface area (Å²) in [5.74, 6) is -0.131. The Hall–Kier alpha value is -0.0500. The minimum atomic E-state index is -0.131. The fourth-order valence-corrected chi connectivity index (χ4v) is 1.38. The van der Waals surface area contributed by atoms with Gasteiger partial charge in [0.05, 0.1) is 6.61 Å². The minimum absolute atomic E-state index is 0.107. The topological polar surface area (TPSA) is 26.3 Å². The number of ether oxygens (including phenoxy) is 1. The highest BCUT2D eigenvalue weighted by molar-refractivity contribution is 9.10. The molecule has 0 aromatic carbocycles. The predicted octanol–water partition coefficient (Wildman–Crippen LogP) is 2.89. The Balaban J connectivity index is 3.42. The van der Waals surface area contributed by atoms with Crippen LogP contribution in [0.5, 0.6) is 0 Å². The fourth-order valence-electron chi connectivity index (χ4n) is 0.924. The van der Waals surface area contributed by atoms with Gasteiger partial charge in [0.1, 0.15) is 4.83 Å². The Morgan fingerprint density at radius 3 is 2.58 bits per heavy atom. The highest BCUT2D eigenvalue weighted by atomic mass is 79.9. The molecule has 0 aromatic rings. The first-order valence-electron chi connectivity index (χ1n) is 4.53. The van der Waals surface area contributed by atoms with Gasteiger partial charge in [0.15, 0.2) is 0 Å².